The molecule has 9 nitrogen and oxygen atoms in total. The van der Waals surface area contributed by atoms with Crippen LogP contribution in [0.25, 0.3) is 6.08 Å². The van der Waals surface area contributed by atoms with Gasteiger partial charge in [0.15, 0.2) is 15.8 Å². The molecule has 2 heterocycles. The molecule has 3 rings (SSSR count). The van der Waals surface area contributed by atoms with Gasteiger partial charge in [0.2, 0.25) is 0 Å². The molecular weight excluding hydrogens is 444 g/mol. The number of carboxylic acids is 1. The highest BCUT2D eigenvalue weighted by Gasteiger charge is 2.34. The number of carboxylic acid groups (broad SMARTS) is 1. The Morgan fingerprint density at radius 3 is 2.74 bits per heavy atom. The highest BCUT2D eigenvalue weighted by atomic mass is 32.2. The molecule has 0 bridgehead atoms. The van der Waals surface area contributed by atoms with E-state index in [9.17, 15) is 14.4 Å². The van der Waals surface area contributed by atoms with Crippen LogP contribution < -0.4 is 14.9 Å². The summed E-state index contributed by atoms with van der Waals surface area (Å²) in [6.07, 6.45) is 2.85. The van der Waals surface area contributed by atoms with Crippen molar-refractivity contribution in [3.05, 3.63) is 52.3 Å². The van der Waals surface area contributed by atoms with E-state index < -0.39 is 17.8 Å². The highest BCUT2D eigenvalue weighted by molar-refractivity contribution is 8.26. The number of nitrogens with zero attached hydrogens (tertiary/aromatic N) is 1. The molecular formula is C20H18N2O7S2. The van der Waals surface area contributed by atoms with Gasteiger partial charge in [-0.25, -0.2) is 0 Å². The van der Waals surface area contributed by atoms with E-state index in [2.05, 4.69) is 5.43 Å². The molecule has 0 saturated carbocycles. The summed E-state index contributed by atoms with van der Waals surface area (Å²) >= 11 is 6.27. The maximum atomic E-state index is 12.7. The first-order valence-electron chi connectivity index (χ1n) is 8.96. The lowest BCUT2D eigenvalue weighted by Crippen LogP contribution is -2.44. The maximum absolute atomic E-state index is 12.7. The summed E-state index contributed by atoms with van der Waals surface area (Å²) in [5, 5.41) is 9.73. The van der Waals surface area contributed by atoms with Gasteiger partial charge in [-0.15, -0.1) is 0 Å². The number of thioether (sulfide) groups is 1. The first-order valence-corrected chi connectivity index (χ1v) is 10.2. The van der Waals surface area contributed by atoms with Crippen LogP contribution in [-0.4, -0.2) is 45.9 Å². The van der Waals surface area contributed by atoms with Crippen LogP contribution in [0.1, 0.15) is 28.1 Å². The first kappa shape index (κ1) is 22.4. The fraction of sp³-hybridized carbons (Fsp3) is 0.200. The molecule has 162 valence electrons. The molecule has 0 spiro atoms. The average molecular weight is 463 g/mol. The van der Waals surface area contributed by atoms with Crippen molar-refractivity contribution in [2.24, 2.45) is 0 Å². The summed E-state index contributed by atoms with van der Waals surface area (Å²) in [4.78, 5) is 36.0. The average Bonchev–Trinajstić information content (AvgIpc) is 3.27. The number of aryl methyl sites for hydroxylation is 1. The van der Waals surface area contributed by atoms with Gasteiger partial charge in [0.05, 0.1) is 36.9 Å². The van der Waals surface area contributed by atoms with Crippen molar-refractivity contribution < 1.29 is 33.4 Å². The predicted octanol–water partition coefficient (Wildman–Crippen LogP) is 3.00. The van der Waals surface area contributed by atoms with Crippen molar-refractivity contribution in [3.8, 4) is 11.5 Å². The third-order valence-corrected chi connectivity index (χ3v) is 5.47. The van der Waals surface area contributed by atoms with Crippen LogP contribution in [-0.2, 0) is 9.59 Å². The van der Waals surface area contributed by atoms with E-state index in [0.717, 1.165) is 16.8 Å². The summed E-state index contributed by atoms with van der Waals surface area (Å²) in [5.41, 5.74) is 3.44. The molecule has 31 heavy (non-hydrogen) atoms. The molecule has 0 atom stereocenters. The van der Waals surface area contributed by atoms with Crippen molar-refractivity contribution in [2.45, 2.75) is 13.3 Å². The Bertz CT molecular complexity index is 1080. The Morgan fingerprint density at radius 2 is 2.10 bits per heavy atom. The van der Waals surface area contributed by atoms with Crippen LogP contribution in [0.15, 0.2) is 39.9 Å². The van der Waals surface area contributed by atoms with Gasteiger partial charge in [0.25, 0.3) is 11.8 Å². The molecule has 1 aromatic carbocycles. The van der Waals surface area contributed by atoms with Gasteiger partial charge >= 0.3 is 5.97 Å². The van der Waals surface area contributed by atoms with E-state index in [4.69, 9.17) is 31.2 Å². The van der Waals surface area contributed by atoms with Crippen LogP contribution in [0.5, 0.6) is 11.5 Å². The van der Waals surface area contributed by atoms with Gasteiger partial charge in [-0.05, 0) is 49.0 Å². The van der Waals surface area contributed by atoms with Crippen LogP contribution in [0.3, 0.4) is 0 Å². The fourth-order valence-corrected chi connectivity index (χ4v) is 3.82. The van der Waals surface area contributed by atoms with Crippen molar-refractivity contribution in [3.63, 3.8) is 0 Å². The summed E-state index contributed by atoms with van der Waals surface area (Å²) in [6.45, 7) is 1.64. The number of carbonyl (C=O) groups is 3. The topological polar surface area (TPSA) is 118 Å². The van der Waals surface area contributed by atoms with E-state index in [0.29, 0.717) is 33.3 Å². The normalized spacial score (nSPS) is 14.8. The fourth-order valence-electron chi connectivity index (χ4n) is 2.64. The number of hydrogen-bond donors (Lipinski definition) is 2. The Hall–Kier alpha value is -3.31. The lowest BCUT2D eigenvalue weighted by Gasteiger charge is -2.15. The number of ether oxygens (including phenoxy) is 2. The van der Waals surface area contributed by atoms with Gasteiger partial charge < -0.3 is 19.0 Å². The minimum Gasteiger partial charge on any atom is -0.493 e. The van der Waals surface area contributed by atoms with Crippen LogP contribution >= 0.6 is 24.0 Å². The van der Waals surface area contributed by atoms with Gasteiger partial charge in [-0.3, -0.25) is 19.8 Å². The molecule has 1 aromatic heterocycles. The van der Waals surface area contributed by atoms with Crippen molar-refractivity contribution >= 4 is 52.2 Å². The third kappa shape index (κ3) is 5.25. The second-order valence-corrected chi connectivity index (χ2v) is 7.93. The Balaban J connectivity index is 1.74. The maximum Gasteiger partial charge on any atom is 0.306 e. The number of carbonyl (C=O) groups excluding carboxylic acids is 2. The largest absolute Gasteiger partial charge is 0.493 e. The summed E-state index contributed by atoms with van der Waals surface area (Å²) in [5.74, 6) is -0.739. The zero-order valence-corrected chi connectivity index (χ0v) is 18.2. The minimum absolute atomic E-state index is 0.000463. The number of hydrazine groups is 1. The number of benzene rings is 1. The summed E-state index contributed by atoms with van der Waals surface area (Å²) in [7, 11) is 1.45. The monoisotopic (exact) mass is 462 g/mol. The highest BCUT2D eigenvalue weighted by Crippen LogP contribution is 2.34. The number of rotatable bonds is 8. The zero-order chi connectivity index (χ0) is 22.5. The first-order chi connectivity index (χ1) is 14.8. The van der Waals surface area contributed by atoms with Gasteiger partial charge in [-0.2, -0.15) is 5.01 Å². The second kappa shape index (κ2) is 9.67. The quantitative estimate of drug-likeness (QED) is 0.451. The van der Waals surface area contributed by atoms with E-state index in [1.807, 2.05) is 0 Å². The molecule has 11 heteroatoms. The van der Waals surface area contributed by atoms with Crippen LogP contribution in [0.4, 0.5) is 0 Å². The Labute approximate surface area is 187 Å². The zero-order valence-electron chi connectivity index (χ0n) is 16.5. The molecule has 2 amide bonds. The lowest BCUT2D eigenvalue weighted by atomic mass is 10.2. The van der Waals surface area contributed by atoms with Crippen LogP contribution in [0, 0.1) is 6.92 Å². The number of nitrogens with one attached hydrogen (secondary N) is 1. The molecule has 0 unspecified atom stereocenters. The van der Waals surface area contributed by atoms with Crippen LogP contribution in [0.2, 0.25) is 0 Å². The molecule has 2 N–H and O–H groups in total. The summed E-state index contributed by atoms with van der Waals surface area (Å²) in [6, 6.07) is 6.47. The van der Waals surface area contributed by atoms with Crippen molar-refractivity contribution in [1.82, 2.24) is 10.4 Å². The predicted molar refractivity (Wildman–Crippen MR) is 117 cm³/mol. The smallest absolute Gasteiger partial charge is 0.306 e. The molecule has 1 saturated heterocycles. The van der Waals surface area contributed by atoms with E-state index in [1.165, 1.54) is 19.4 Å². The van der Waals surface area contributed by atoms with E-state index in [-0.39, 0.29) is 17.3 Å². The second-order valence-electron chi connectivity index (χ2n) is 6.25. The number of furan rings is 1. The van der Waals surface area contributed by atoms with E-state index >= 15 is 0 Å². The number of thiocarbonyl (C=S) groups is 1. The Kier molecular flexibility index (Phi) is 6.98. The summed E-state index contributed by atoms with van der Waals surface area (Å²) < 4.78 is 16.0. The molecule has 1 aliphatic heterocycles. The van der Waals surface area contributed by atoms with E-state index in [1.54, 1.807) is 31.2 Å². The van der Waals surface area contributed by atoms with Crippen molar-refractivity contribution in [1.29, 1.82) is 0 Å². The number of hydrogen-bond acceptors (Lipinski definition) is 8. The molecule has 0 radical (unpaired) electrons. The third-order valence-electron chi connectivity index (χ3n) is 4.17. The Morgan fingerprint density at radius 1 is 1.32 bits per heavy atom. The lowest BCUT2D eigenvalue weighted by molar-refractivity contribution is -0.137. The molecule has 0 aliphatic carbocycles. The number of methoxy groups -OCH3 is 1. The molecule has 2 aromatic rings. The van der Waals surface area contributed by atoms with Gasteiger partial charge in [-0.1, -0.05) is 17.8 Å². The molecule has 1 aliphatic rings. The number of amides is 2. The van der Waals surface area contributed by atoms with Gasteiger partial charge in [0.1, 0.15) is 5.76 Å². The van der Waals surface area contributed by atoms with Crippen molar-refractivity contribution in [2.75, 3.05) is 13.7 Å². The minimum atomic E-state index is -0.965. The van der Waals surface area contributed by atoms with Gasteiger partial charge in [0, 0.05) is 0 Å². The SMILES string of the molecule is COc1cc(/C=C2/SC(=S)N(NC(=O)c3ccoc3C)C2=O)ccc1OCCC(=O)O. The molecule has 1 fully saturated rings. The number of aliphatic carboxylic acids is 1. The standard InChI is InChI=1S/C20H18N2O7S2/c1-11-13(5-7-28-11)18(25)21-22-19(26)16(31-20(22)30)10-12-3-4-14(15(9-12)27-2)29-8-6-17(23)24/h3-5,7,9-10H,6,8H2,1-2H3,(H,21,25)(H,23,24)/b16-10+.